The molecule has 0 unspecified atom stereocenters. The molecule has 1 aromatic heterocycles. The zero-order valence-corrected chi connectivity index (χ0v) is 14.2. The van der Waals surface area contributed by atoms with Crippen LogP contribution < -0.4 is 4.80 Å². The van der Waals surface area contributed by atoms with E-state index >= 15 is 0 Å². The van der Waals surface area contributed by atoms with Crippen LogP contribution in [0.15, 0.2) is 34.2 Å². The third-order valence-corrected chi connectivity index (χ3v) is 5.84. The lowest BCUT2D eigenvalue weighted by Crippen LogP contribution is -2.11. The molecule has 3 nitrogen and oxygen atoms in total. The van der Waals surface area contributed by atoms with Crippen LogP contribution in [0.4, 0.5) is 5.69 Å². The highest BCUT2D eigenvalue weighted by Gasteiger charge is 2.19. The largest absolute Gasteiger partial charge is 0.241 e. The van der Waals surface area contributed by atoms with E-state index in [1.54, 1.807) is 23.1 Å². The predicted octanol–water partition coefficient (Wildman–Crippen LogP) is 4.48. The van der Waals surface area contributed by atoms with E-state index in [1.807, 2.05) is 11.7 Å². The molecular formula is C16H21N3S2. The number of hydrogen-bond acceptors (Lipinski definition) is 4. The van der Waals surface area contributed by atoms with E-state index in [2.05, 4.69) is 30.5 Å². The van der Waals surface area contributed by atoms with Gasteiger partial charge in [0.15, 0.2) is 0 Å². The SMILES string of the molecule is CSc1cccc(N=c2sc(C3CCCCC3)nn2C)c1. The number of nitrogens with zero attached hydrogens (tertiary/aromatic N) is 3. The number of rotatable bonds is 3. The van der Waals surface area contributed by atoms with Crippen LogP contribution in [0.1, 0.15) is 43.0 Å². The first kappa shape index (κ1) is 14.9. The Balaban J connectivity index is 1.90. The fraction of sp³-hybridized carbons (Fsp3) is 0.500. The van der Waals surface area contributed by atoms with Gasteiger partial charge >= 0.3 is 0 Å². The molecule has 0 spiro atoms. The highest BCUT2D eigenvalue weighted by Crippen LogP contribution is 2.32. The Labute approximate surface area is 134 Å². The molecule has 0 aliphatic heterocycles. The van der Waals surface area contributed by atoms with E-state index in [0.29, 0.717) is 5.92 Å². The number of aromatic nitrogens is 2. The average Bonchev–Trinajstić information content (AvgIpc) is 2.89. The topological polar surface area (TPSA) is 30.2 Å². The molecule has 112 valence electrons. The van der Waals surface area contributed by atoms with E-state index in [0.717, 1.165) is 10.5 Å². The third-order valence-electron chi connectivity index (χ3n) is 3.95. The van der Waals surface area contributed by atoms with Crippen molar-refractivity contribution in [3.05, 3.63) is 34.1 Å². The summed E-state index contributed by atoms with van der Waals surface area (Å²) in [7, 11) is 2.00. The second-order valence-corrected chi connectivity index (χ2v) is 7.36. The van der Waals surface area contributed by atoms with Crippen molar-refractivity contribution < 1.29 is 0 Å². The Morgan fingerprint density at radius 2 is 2.10 bits per heavy atom. The molecule has 0 saturated heterocycles. The molecule has 0 amide bonds. The van der Waals surface area contributed by atoms with Crippen LogP contribution in [0, 0.1) is 0 Å². The van der Waals surface area contributed by atoms with Crippen LogP contribution >= 0.6 is 23.1 Å². The summed E-state index contributed by atoms with van der Waals surface area (Å²) in [6.07, 6.45) is 8.73. The van der Waals surface area contributed by atoms with Gasteiger partial charge in [-0.15, -0.1) is 11.8 Å². The first-order valence-electron chi connectivity index (χ1n) is 7.49. The first-order valence-corrected chi connectivity index (χ1v) is 9.53. The average molecular weight is 319 g/mol. The van der Waals surface area contributed by atoms with Gasteiger partial charge in [0, 0.05) is 17.9 Å². The summed E-state index contributed by atoms with van der Waals surface area (Å²) in [5.41, 5.74) is 1.01. The van der Waals surface area contributed by atoms with Crippen molar-refractivity contribution in [2.24, 2.45) is 12.0 Å². The van der Waals surface area contributed by atoms with Gasteiger partial charge in [0.2, 0.25) is 4.80 Å². The predicted molar refractivity (Wildman–Crippen MR) is 90.4 cm³/mol. The molecule has 0 N–H and O–H groups in total. The van der Waals surface area contributed by atoms with Crippen LogP contribution in [0.3, 0.4) is 0 Å². The summed E-state index contributed by atoms with van der Waals surface area (Å²) >= 11 is 3.50. The Kier molecular flexibility index (Phi) is 4.80. The van der Waals surface area contributed by atoms with Crippen LogP contribution in [0.25, 0.3) is 0 Å². The number of aryl methyl sites for hydroxylation is 1. The molecule has 2 aromatic rings. The highest BCUT2D eigenvalue weighted by atomic mass is 32.2. The Morgan fingerprint density at radius 1 is 1.29 bits per heavy atom. The fourth-order valence-electron chi connectivity index (χ4n) is 2.77. The van der Waals surface area contributed by atoms with Crippen LogP contribution in [0.2, 0.25) is 0 Å². The maximum absolute atomic E-state index is 4.77. The number of thioether (sulfide) groups is 1. The van der Waals surface area contributed by atoms with Gasteiger partial charge in [-0.2, -0.15) is 5.10 Å². The van der Waals surface area contributed by atoms with E-state index in [9.17, 15) is 0 Å². The van der Waals surface area contributed by atoms with Crippen LogP contribution in [-0.4, -0.2) is 16.0 Å². The zero-order valence-electron chi connectivity index (χ0n) is 12.6. The van der Waals surface area contributed by atoms with Crippen molar-refractivity contribution in [3.63, 3.8) is 0 Å². The van der Waals surface area contributed by atoms with Gasteiger partial charge < -0.3 is 0 Å². The van der Waals surface area contributed by atoms with Crippen molar-refractivity contribution in [2.45, 2.75) is 42.9 Å². The first-order chi connectivity index (χ1) is 10.3. The quantitative estimate of drug-likeness (QED) is 0.781. The molecule has 0 bridgehead atoms. The summed E-state index contributed by atoms with van der Waals surface area (Å²) in [6.45, 7) is 0. The van der Waals surface area contributed by atoms with Crippen molar-refractivity contribution in [1.82, 2.24) is 9.78 Å². The van der Waals surface area contributed by atoms with Crippen molar-refractivity contribution in [2.75, 3.05) is 6.26 Å². The minimum Gasteiger partial charge on any atom is -0.241 e. The van der Waals surface area contributed by atoms with E-state index in [-0.39, 0.29) is 0 Å². The lowest BCUT2D eigenvalue weighted by Gasteiger charge is -2.18. The second kappa shape index (κ2) is 6.79. The summed E-state index contributed by atoms with van der Waals surface area (Å²) in [5, 5.41) is 5.97. The van der Waals surface area contributed by atoms with Crippen LogP contribution in [0.5, 0.6) is 0 Å². The summed E-state index contributed by atoms with van der Waals surface area (Å²) in [5.74, 6) is 0.649. The van der Waals surface area contributed by atoms with Gasteiger partial charge in [-0.25, -0.2) is 9.67 Å². The molecule has 21 heavy (non-hydrogen) atoms. The monoisotopic (exact) mass is 319 g/mol. The summed E-state index contributed by atoms with van der Waals surface area (Å²) < 4.78 is 1.93. The zero-order chi connectivity index (χ0) is 14.7. The molecule has 3 rings (SSSR count). The molecule has 0 radical (unpaired) electrons. The van der Waals surface area contributed by atoms with E-state index < -0.39 is 0 Å². The Hall–Kier alpha value is -1.07. The van der Waals surface area contributed by atoms with Crippen molar-refractivity contribution in [3.8, 4) is 0 Å². The highest BCUT2D eigenvalue weighted by molar-refractivity contribution is 7.98. The molecule has 5 heteroatoms. The molecule has 1 aliphatic rings. The van der Waals surface area contributed by atoms with Crippen LogP contribution in [-0.2, 0) is 7.05 Å². The standard InChI is InChI=1S/C16H21N3S2/c1-19-16(17-13-9-6-10-14(11-13)20-2)21-15(18-19)12-7-4-3-5-8-12/h6,9-12H,3-5,7-8H2,1-2H3. The van der Waals surface area contributed by atoms with Gasteiger partial charge in [0.25, 0.3) is 0 Å². The Bertz CT molecular complexity index is 666. The third kappa shape index (κ3) is 3.58. The molecule has 1 aliphatic carbocycles. The van der Waals surface area contributed by atoms with Gasteiger partial charge in [-0.05, 0) is 37.3 Å². The minimum atomic E-state index is 0.649. The van der Waals surface area contributed by atoms with Gasteiger partial charge in [-0.3, -0.25) is 0 Å². The second-order valence-electron chi connectivity index (χ2n) is 5.49. The number of benzene rings is 1. The van der Waals surface area contributed by atoms with Gasteiger partial charge in [-0.1, -0.05) is 36.7 Å². The molecule has 1 saturated carbocycles. The summed E-state index contributed by atoms with van der Waals surface area (Å²) in [4.78, 5) is 7.01. The van der Waals surface area contributed by atoms with E-state index in [4.69, 9.17) is 10.1 Å². The minimum absolute atomic E-state index is 0.649. The molecule has 1 aromatic carbocycles. The van der Waals surface area contributed by atoms with Gasteiger partial charge in [0.05, 0.1) is 5.69 Å². The summed E-state index contributed by atoms with van der Waals surface area (Å²) in [6, 6.07) is 8.36. The smallest absolute Gasteiger partial charge is 0.207 e. The Morgan fingerprint density at radius 3 is 2.86 bits per heavy atom. The van der Waals surface area contributed by atoms with Crippen molar-refractivity contribution >= 4 is 28.8 Å². The lowest BCUT2D eigenvalue weighted by molar-refractivity contribution is 0.437. The normalized spacial score (nSPS) is 17.3. The fourth-order valence-corrected chi connectivity index (χ4v) is 4.30. The molecule has 1 heterocycles. The molecular weight excluding hydrogens is 298 g/mol. The molecule has 1 fully saturated rings. The van der Waals surface area contributed by atoms with E-state index in [1.165, 1.54) is 42.0 Å². The molecule has 0 atom stereocenters. The van der Waals surface area contributed by atoms with Crippen molar-refractivity contribution in [1.29, 1.82) is 0 Å². The lowest BCUT2D eigenvalue weighted by atomic mass is 9.90. The van der Waals surface area contributed by atoms with Gasteiger partial charge in [0.1, 0.15) is 5.01 Å². The maximum atomic E-state index is 4.77. The maximum Gasteiger partial charge on any atom is 0.207 e. The number of hydrogen-bond donors (Lipinski definition) is 0.